The van der Waals surface area contributed by atoms with Gasteiger partial charge in [0.15, 0.2) is 0 Å². The minimum atomic E-state index is -0.995. The Hall–Kier alpha value is -3.15. The molecule has 2 rings (SSSR count). The van der Waals surface area contributed by atoms with Gasteiger partial charge in [0.2, 0.25) is 0 Å². The Morgan fingerprint density at radius 3 is 1.90 bits per heavy atom. The topological polar surface area (TPSA) is 104 Å². The quantitative estimate of drug-likeness (QED) is 0.798. The maximum Gasteiger partial charge on any atom is 0.335 e. The number of carbonyl (C=O) groups excluding carboxylic acids is 1. The first-order valence-corrected chi connectivity index (χ1v) is 5.79. The monoisotopic (exact) mass is 287 g/mol. The molecule has 0 saturated heterocycles. The molecule has 6 heteroatoms. The van der Waals surface area contributed by atoms with Crippen LogP contribution in [0, 0.1) is 0 Å². The summed E-state index contributed by atoms with van der Waals surface area (Å²) in [4.78, 5) is 29.5. The summed E-state index contributed by atoms with van der Waals surface area (Å²) >= 11 is 0. The summed E-state index contributed by atoms with van der Waals surface area (Å²) in [6, 6.07) is 12.6. The summed E-state index contributed by atoms with van der Waals surface area (Å²) < 4.78 is 0. The summed E-state index contributed by atoms with van der Waals surface area (Å²) in [5, 5.41) is 20.7. The van der Waals surface area contributed by atoms with E-state index >= 15 is 0 Å². The van der Waals surface area contributed by atoms with Gasteiger partial charge in [0.1, 0.15) is 6.79 Å². The fourth-order valence-corrected chi connectivity index (χ4v) is 1.59. The molecule has 0 aliphatic carbocycles. The van der Waals surface area contributed by atoms with Crippen molar-refractivity contribution in [2.45, 2.75) is 0 Å². The number of benzene rings is 2. The molecule has 0 aromatic heterocycles. The maximum atomic E-state index is 10.8. The highest BCUT2D eigenvalue weighted by atomic mass is 16.4. The molecule has 0 amide bonds. The summed E-state index contributed by atoms with van der Waals surface area (Å²) in [6.07, 6.45) is 0. The number of anilines is 2. The molecule has 108 valence electrons. The highest BCUT2D eigenvalue weighted by molar-refractivity contribution is 5.89. The first-order chi connectivity index (χ1) is 10.1. The van der Waals surface area contributed by atoms with Crippen LogP contribution in [-0.2, 0) is 4.79 Å². The van der Waals surface area contributed by atoms with Gasteiger partial charge in [-0.3, -0.25) is 0 Å². The zero-order valence-electron chi connectivity index (χ0n) is 10.9. The van der Waals surface area contributed by atoms with Gasteiger partial charge in [-0.05, 0) is 42.5 Å². The minimum Gasteiger partial charge on any atom is -0.478 e. The van der Waals surface area contributed by atoms with E-state index in [2.05, 4.69) is 5.32 Å². The molecule has 21 heavy (non-hydrogen) atoms. The number of hydrogen-bond acceptors (Lipinski definition) is 4. The van der Waals surface area contributed by atoms with E-state index in [9.17, 15) is 9.59 Å². The lowest BCUT2D eigenvalue weighted by Crippen LogP contribution is -1.99. The van der Waals surface area contributed by atoms with Gasteiger partial charge in [0, 0.05) is 11.4 Å². The largest absolute Gasteiger partial charge is 0.478 e. The second kappa shape index (κ2) is 7.44. The second-order valence-corrected chi connectivity index (χ2v) is 3.89. The third-order valence-electron chi connectivity index (χ3n) is 2.53. The number of aromatic carboxylic acids is 2. The van der Waals surface area contributed by atoms with Crippen molar-refractivity contribution >= 4 is 30.1 Å². The van der Waals surface area contributed by atoms with Gasteiger partial charge >= 0.3 is 11.9 Å². The van der Waals surface area contributed by atoms with Crippen LogP contribution in [0.3, 0.4) is 0 Å². The SMILES string of the molecule is C=O.O=C(O)c1ccc(Nc2cccc(C(=O)O)c2)cc1. The van der Waals surface area contributed by atoms with Gasteiger partial charge in [0.05, 0.1) is 11.1 Å². The van der Waals surface area contributed by atoms with Crippen LogP contribution >= 0.6 is 0 Å². The molecule has 0 fully saturated rings. The smallest absolute Gasteiger partial charge is 0.335 e. The van der Waals surface area contributed by atoms with Crippen LogP contribution < -0.4 is 5.32 Å². The van der Waals surface area contributed by atoms with Gasteiger partial charge in [-0.1, -0.05) is 6.07 Å². The van der Waals surface area contributed by atoms with E-state index < -0.39 is 11.9 Å². The van der Waals surface area contributed by atoms with Gasteiger partial charge in [-0.2, -0.15) is 0 Å². The van der Waals surface area contributed by atoms with Crippen LogP contribution in [0.2, 0.25) is 0 Å². The van der Waals surface area contributed by atoms with E-state index in [1.165, 1.54) is 24.3 Å². The molecule has 0 saturated carbocycles. The zero-order valence-corrected chi connectivity index (χ0v) is 10.9. The van der Waals surface area contributed by atoms with E-state index in [1.54, 1.807) is 24.3 Å². The predicted molar refractivity (Wildman–Crippen MR) is 77.2 cm³/mol. The van der Waals surface area contributed by atoms with Crippen molar-refractivity contribution in [3.05, 3.63) is 59.7 Å². The molecular weight excluding hydrogens is 274 g/mol. The van der Waals surface area contributed by atoms with Crippen molar-refractivity contribution in [1.82, 2.24) is 0 Å². The van der Waals surface area contributed by atoms with Crippen LogP contribution in [0.5, 0.6) is 0 Å². The Labute approximate surface area is 120 Å². The first kappa shape index (κ1) is 15.9. The molecule has 3 N–H and O–H groups in total. The van der Waals surface area contributed by atoms with Crippen molar-refractivity contribution in [3.63, 3.8) is 0 Å². The maximum absolute atomic E-state index is 10.8. The molecule has 2 aromatic rings. The Morgan fingerprint density at radius 2 is 1.38 bits per heavy atom. The van der Waals surface area contributed by atoms with Crippen LogP contribution in [0.4, 0.5) is 11.4 Å². The summed E-state index contributed by atoms with van der Waals surface area (Å²) in [7, 11) is 0. The molecule has 0 aliphatic heterocycles. The van der Waals surface area contributed by atoms with Gasteiger partial charge < -0.3 is 20.3 Å². The zero-order chi connectivity index (χ0) is 15.8. The number of carbonyl (C=O) groups is 3. The third-order valence-corrected chi connectivity index (χ3v) is 2.53. The van der Waals surface area contributed by atoms with E-state index in [0.717, 1.165) is 0 Å². The van der Waals surface area contributed by atoms with Crippen molar-refractivity contribution in [3.8, 4) is 0 Å². The summed E-state index contributed by atoms with van der Waals surface area (Å²) in [5.74, 6) is -1.98. The lowest BCUT2D eigenvalue weighted by Gasteiger charge is -2.07. The lowest BCUT2D eigenvalue weighted by atomic mass is 10.2. The van der Waals surface area contributed by atoms with Crippen molar-refractivity contribution in [2.75, 3.05) is 5.32 Å². The minimum absolute atomic E-state index is 0.187. The molecule has 0 unspecified atom stereocenters. The molecule has 0 bridgehead atoms. The molecular formula is C15H13NO5. The Kier molecular flexibility index (Phi) is 5.64. The Bertz CT molecular complexity index is 637. The van der Waals surface area contributed by atoms with Crippen LogP contribution in [0.25, 0.3) is 0 Å². The number of carboxylic acid groups (broad SMARTS) is 2. The van der Waals surface area contributed by atoms with E-state index in [-0.39, 0.29) is 11.1 Å². The third kappa shape index (κ3) is 4.46. The fraction of sp³-hybridized carbons (Fsp3) is 0. The van der Waals surface area contributed by atoms with Gasteiger partial charge in [0.25, 0.3) is 0 Å². The Balaban J connectivity index is 0.00000106. The van der Waals surface area contributed by atoms with Crippen LogP contribution in [0.1, 0.15) is 20.7 Å². The highest BCUT2D eigenvalue weighted by Gasteiger charge is 2.04. The standard InChI is InChI=1S/C14H11NO4.CH2O/c16-13(17)9-4-6-11(7-5-9)15-12-3-1-2-10(8-12)14(18)19;1-2/h1-8,15H,(H,16,17)(H,18,19);1H2. The molecule has 0 atom stereocenters. The average molecular weight is 287 g/mol. The number of carboxylic acids is 2. The van der Waals surface area contributed by atoms with Crippen molar-refractivity contribution < 1.29 is 24.6 Å². The van der Waals surface area contributed by atoms with E-state index in [1.807, 2.05) is 6.79 Å². The molecule has 6 nitrogen and oxygen atoms in total. The number of hydrogen-bond donors (Lipinski definition) is 3. The molecule has 0 aliphatic rings. The second-order valence-electron chi connectivity index (χ2n) is 3.89. The lowest BCUT2D eigenvalue weighted by molar-refractivity contribution is -0.0980. The normalized spacial score (nSPS) is 9.14. The fourth-order valence-electron chi connectivity index (χ4n) is 1.59. The predicted octanol–water partition coefficient (Wildman–Crippen LogP) is 2.64. The Morgan fingerprint density at radius 1 is 0.810 bits per heavy atom. The first-order valence-electron chi connectivity index (χ1n) is 5.79. The van der Waals surface area contributed by atoms with Crippen molar-refractivity contribution in [2.24, 2.45) is 0 Å². The van der Waals surface area contributed by atoms with Crippen molar-refractivity contribution in [1.29, 1.82) is 0 Å². The van der Waals surface area contributed by atoms with Crippen LogP contribution in [0.15, 0.2) is 48.5 Å². The summed E-state index contributed by atoms with van der Waals surface area (Å²) in [5.41, 5.74) is 1.70. The van der Waals surface area contributed by atoms with Gasteiger partial charge in [-0.25, -0.2) is 9.59 Å². The summed E-state index contributed by atoms with van der Waals surface area (Å²) in [6.45, 7) is 2.00. The molecule has 0 heterocycles. The van der Waals surface area contributed by atoms with E-state index in [0.29, 0.717) is 11.4 Å². The highest BCUT2D eigenvalue weighted by Crippen LogP contribution is 2.18. The molecule has 0 spiro atoms. The van der Waals surface area contributed by atoms with Crippen LogP contribution in [-0.4, -0.2) is 28.9 Å². The number of nitrogens with one attached hydrogen (secondary N) is 1. The molecule has 2 aromatic carbocycles. The average Bonchev–Trinajstić information content (AvgIpc) is 2.50. The number of rotatable bonds is 4. The van der Waals surface area contributed by atoms with E-state index in [4.69, 9.17) is 15.0 Å². The van der Waals surface area contributed by atoms with Gasteiger partial charge in [-0.15, -0.1) is 0 Å². The molecule has 0 radical (unpaired) electrons.